The highest BCUT2D eigenvalue weighted by atomic mass is 127. The van der Waals surface area contributed by atoms with E-state index < -0.39 is 11.6 Å². The highest BCUT2D eigenvalue weighted by molar-refractivity contribution is 14.0. The van der Waals surface area contributed by atoms with Crippen LogP contribution in [0.5, 0.6) is 0 Å². The van der Waals surface area contributed by atoms with Gasteiger partial charge < -0.3 is 20.9 Å². The van der Waals surface area contributed by atoms with E-state index in [4.69, 9.17) is 0 Å². The number of hydrogen-bond donors (Lipinski definition) is 3. The van der Waals surface area contributed by atoms with Crippen LogP contribution in [-0.4, -0.2) is 37.5 Å². The predicted octanol–water partition coefficient (Wildman–Crippen LogP) is 4.51. The first kappa shape index (κ1) is 26.8. The first-order valence-electron chi connectivity index (χ1n) is 11.0. The van der Waals surface area contributed by atoms with Crippen LogP contribution in [0.1, 0.15) is 32.8 Å². The molecule has 1 heterocycles. The number of halogens is 3. The molecule has 2 aromatic rings. The Morgan fingerprint density at radius 2 is 1.91 bits per heavy atom. The van der Waals surface area contributed by atoms with Crippen molar-refractivity contribution in [3.8, 4) is 0 Å². The number of nitrogens with one attached hydrogen (secondary N) is 3. The van der Waals surface area contributed by atoms with Crippen LogP contribution in [0.25, 0.3) is 0 Å². The van der Waals surface area contributed by atoms with Gasteiger partial charge in [-0.05, 0) is 43.2 Å². The van der Waals surface area contributed by atoms with Crippen LogP contribution >= 0.6 is 24.0 Å². The van der Waals surface area contributed by atoms with Gasteiger partial charge in [-0.3, -0.25) is 4.79 Å². The standard InChI is InChI=1S/C24H31F2N5O.HI/c1-4-27-24(28-14-17-5-8-19(9-6-17)29-23(32)16(2)3)30-20-11-12-31(15-20)22-10-7-18(25)13-21(22)26;/h5-10,13,16,20H,4,11-12,14-15H2,1-3H3,(H,29,32)(H2,27,28,30);1H. The quantitative estimate of drug-likeness (QED) is 0.260. The van der Waals surface area contributed by atoms with Crippen molar-refractivity contribution in [1.29, 1.82) is 0 Å². The SMILES string of the molecule is CCNC(=NCc1ccc(NC(=O)C(C)C)cc1)NC1CCN(c2ccc(F)cc2F)C1.I. The van der Waals surface area contributed by atoms with E-state index in [0.717, 1.165) is 30.3 Å². The second-order valence-electron chi connectivity index (χ2n) is 8.21. The number of nitrogens with zero attached hydrogens (tertiary/aromatic N) is 2. The molecule has 1 saturated heterocycles. The Balaban J connectivity index is 0.00000385. The monoisotopic (exact) mass is 571 g/mol. The van der Waals surface area contributed by atoms with Gasteiger partial charge in [0, 0.05) is 43.3 Å². The van der Waals surface area contributed by atoms with Crippen LogP contribution in [-0.2, 0) is 11.3 Å². The lowest BCUT2D eigenvalue weighted by atomic mass is 10.1. The normalized spacial score (nSPS) is 15.9. The number of hydrogen-bond acceptors (Lipinski definition) is 3. The highest BCUT2D eigenvalue weighted by Gasteiger charge is 2.25. The highest BCUT2D eigenvalue weighted by Crippen LogP contribution is 2.24. The molecule has 0 radical (unpaired) electrons. The first-order chi connectivity index (χ1) is 15.4. The van der Waals surface area contributed by atoms with Gasteiger partial charge in [0.1, 0.15) is 11.6 Å². The Bertz CT molecular complexity index is 952. The van der Waals surface area contributed by atoms with Gasteiger partial charge in [0.2, 0.25) is 5.91 Å². The van der Waals surface area contributed by atoms with Crippen molar-refractivity contribution in [2.24, 2.45) is 10.9 Å². The summed E-state index contributed by atoms with van der Waals surface area (Å²) in [6, 6.07) is 11.4. The van der Waals surface area contributed by atoms with Crippen molar-refractivity contribution in [2.45, 2.75) is 39.8 Å². The van der Waals surface area contributed by atoms with Crippen molar-refractivity contribution in [3.63, 3.8) is 0 Å². The molecule has 0 saturated carbocycles. The zero-order valence-corrected chi connectivity index (χ0v) is 21.5. The lowest BCUT2D eigenvalue weighted by Crippen LogP contribution is -2.44. The number of rotatable bonds is 7. The zero-order chi connectivity index (χ0) is 23.1. The average molecular weight is 571 g/mol. The first-order valence-corrected chi connectivity index (χ1v) is 11.0. The minimum absolute atomic E-state index is 0. The second-order valence-corrected chi connectivity index (χ2v) is 8.21. The molecule has 1 aliphatic heterocycles. The molecule has 3 rings (SSSR count). The summed E-state index contributed by atoms with van der Waals surface area (Å²) in [6.45, 7) is 8.20. The maximum Gasteiger partial charge on any atom is 0.226 e. The van der Waals surface area contributed by atoms with Crippen molar-refractivity contribution >= 4 is 47.2 Å². The molecular formula is C24H32F2IN5O. The fourth-order valence-corrected chi connectivity index (χ4v) is 3.50. The molecule has 180 valence electrons. The zero-order valence-electron chi connectivity index (χ0n) is 19.2. The number of anilines is 2. The summed E-state index contributed by atoms with van der Waals surface area (Å²) in [4.78, 5) is 18.4. The molecular weight excluding hydrogens is 539 g/mol. The van der Waals surface area contributed by atoms with Crippen molar-refractivity contribution in [2.75, 3.05) is 29.9 Å². The van der Waals surface area contributed by atoms with Crippen LogP contribution in [0.15, 0.2) is 47.5 Å². The van der Waals surface area contributed by atoms with Crippen molar-refractivity contribution in [3.05, 3.63) is 59.7 Å². The molecule has 1 aliphatic rings. The number of carbonyl (C=O) groups excluding carboxylic acids is 1. The Morgan fingerprint density at radius 3 is 2.55 bits per heavy atom. The van der Waals surface area contributed by atoms with Crippen LogP contribution < -0.4 is 20.9 Å². The Hall–Kier alpha value is -2.43. The van der Waals surface area contributed by atoms with Gasteiger partial charge >= 0.3 is 0 Å². The van der Waals surface area contributed by atoms with E-state index in [1.54, 1.807) is 0 Å². The molecule has 0 bridgehead atoms. The van der Waals surface area contributed by atoms with Crippen LogP contribution in [0.3, 0.4) is 0 Å². The van der Waals surface area contributed by atoms with Gasteiger partial charge in [0.15, 0.2) is 5.96 Å². The molecule has 3 N–H and O–H groups in total. The largest absolute Gasteiger partial charge is 0.367 e. The number of amides is 1. The van der Waals surface area contributed by atoms with E-state index in [-0.39, 0.29) is 41.8 Å². The van der Waals surface area contributed by atoms with Gasteiger partial charge in [0.25, 0.3) is 0 Å². The molecule has 0 aliphatic carbocycles. The van der Waals surface area contributed by atoms with Crippen molar-refractivity contribution in [1.82, 2.24) is 10.6 Å². The molecule has 0 spiro atoms. The van der Waals surface area contributed by atoms with Crippen LogP contribution in [0.2, 0.25) is 0 Å². The topological polar surface area (TPSA) is 68.8 Å². The predicted molar refractivity (Wildman–Crippen MR) is 140 cm³/mol. The molecule has 9 heteroatoms. The minimum Gasteiger partial charge on any atom is -0.367 e. The maximum absolute atomic E-state index is 14.1. The lowest BCUT2D eigenvalue weighted by molar-refractivity contribution is -0.118. The van der Waals surface area contributed by atoms with Crippen LogP contribution in [0, 0.1) is 17.6 Å². The van der Waals surface area contributed by atoms with E-state index >= 15 is 0 Å². The maximum atomic E-state index is 14.1. The fourth-order valence-electron chi connectivity index (χ4n) is 3.50. The molecule has 1 atom stereocenters. The molecule has 0 aromatic heterocycles. The summed E-state index contributed by atoms with van der Waals surface area (Å²) in [6.07, 6.45) is 0.825. The second kappa shape index (κ2) is 12.7. The van der Waals surface area contributed by atoms with Gasteiger partial charge in [0.05, 0.1) is 12.2 Å². The Kier molecular flexibility index (Phi) is 10.3. The number of benzene rings is 2. The van der Waals surface area contributed by atoms with E-state index in [1.807, 2.05) is 49.9 Å². The third-order valence-corrected chi connectivity index (χ3v) is 5.29. The van der Waals surface area contributed by atoms with Gasteiger partial charge in [-0.15, -0.1) is 24.0 Å². The van der Waals surface area contributed by atoms with E-state index in [0.29, 0.717) is 31.3 Å². The van der Waals surface area contributed by atoms with E-state index in [9.17, 15) is 13.6 Å². The van der Waals surface area contributed by atoms with Crippen molar-refractivity contribution < 1.29 is 13.6 Å². The molecule has 1 fully saturated rings. The number of aliphatic imine (C=N–C) groups is 1. The third kappa shape index (κ3) is 7.83. The third-order valence-electron chi connectivity index (χ3n) is 5.29. The number of guanidine groups is 1. The minimum atomic E-state index is -0.572. The Labute approximate surface area is 211 Å². The summed E-state index contributed by atoms with van der Waals surface area (Å²) in [5, 5.41) is 9.53. The fraction of sp³-hybridized carbons (Fsp3) is 0.417. The molecule has 2 aromatic carbocycles. The summed E-state index contributed by atoms with van der Waals surface area (Å²) >= 11 is 0. The molecule has 1 unspecified atom stereocenters. The van der Waals surface area contributed by atoms with E-state index in [1.165, 1.54) is 12.1 Å². The summed E-state index contributed by atoms with van der Waals surface area (Å²) in [5.41, 5.74) is 2.20. The lowest BCUT2D eigenvalue weighted by Gasteiger charge is -2.21. The summed E-state index contributed by atoms with van der Waals surface area (Å²) in [5.74, 6) is -0.507. The van der Waals surface area contributed by atoms with Gasteiger partial charge in [-0.25, -0.2) is 13.8 Å². The molecule has 33 heavy (non-hydrogen) atoms. The average Bonchev–Trinajstić information content (AvgIpc) is 3.21. The Morgan fingerprint density at radius 1 is 1.18 bits per heavy atom. The summed E-state index contributed by atoms with van der Waals surface area (Å²) < 4.78 is 27.3. The van der Waals surface area contributed by atoms with Gasteiger partial charge in [-0.1, -0.05) is 26.0 Å². The van der Waals surface area contributed by atoms with Crippen LogP contribution in [0.4, 0.5) is 20.2 Å². The van der Waals surface area contributed by atoms with E-state index in [2.05, 4.69) is 20.9 Å². The molecule has 6 nitrogen and oxygen atoms in total. The summed E-state index contributed by atoms with van der Waals surface area (Å²) in [7, 11) is 0. The van der Waals surface area contributed by atoms with Gasteiger partial charge in [-0.2, -0.15) is 0 Å². The number of carbonyl (C=O) groups is 1. The molecule has 1 amide bonds. The smallest absolute Gasteiger partial charge is 0.226 e.